The number of ether oxygens (including phenoxy) is 1. The lowest BCUT2D eigenvalue weighted by atomic mass is 10.0. The Labute approximate surface area is 143 Å². The monoisotopic (exact) mass is 354 g/mol. The zero-order chi connectivity index (χ0) is 17.0. The van der Waals surface area contributed by atoms with Crippen LogP contribution in [-0.2, 0) is 14.3 Å². The molecule has 2 rings (SSSR count). The van der Waals surface area contributed by atoms with Crippen LogP contribution in [0.25, 0.3) is 11.1 Å². The third kappa shape index (κ3) is 4.65. The second kappa shape index (κ2) is 7.27. The number of hydrogen-bond donors (Lipinski definition) is 2. The third-order valence-electron chi connectivity index (χ3n) is 3.05. The number of hydrogen-bond acceptors (Lipinski definition) is 7. The number of oxazole rings is 1. The first-order valence-electron chi connectivity index (χ1n) is 6.89. The molecule has 6 nitrogen and oxygen atoms in total. The van der Waals surface area contributed by atoms with E-state index in [1.54, 1.807) is 13.8 Å². The van der Waals surface area contributed by atoms with E-state index in [0.29, 0.717) is 10.8 Å². The van der Waals surface area contributed by atoms with Crippen LogP contribution in [0.1, 0.15) is 13.8 Å². The number of carbonyl (C=O) groups excluding carboxylic acids is 2. The standard InChI is InChI=1S/C15H18N2O4S2/c1-15(2,22)12(13(19)20-3)17-11(18)8-23-14-16-9-6-4-5-7-10(9)21-14/h4-7,12,22H,8H2,1-3H3,(H,17,18)/t12-/m1/s1. The molecule has 8 heteroatoms. The van der Waals surface area contributed by atoms with Crippen molar-refractivity contribution in [2.45, 2.75) is 29.9 Å². The van der Waals surface area contributed by atoms with Crippen molar-refractivity contribution in [1.82, 2.24) is 10.3 Å². The molecule has 124 valence electrons. The fourth-order valence-electron chi connectivity index (χ4n) is 1.88. The summed E-state index contributed by atoms with van der Waals surface area (Å²) in [5.41, 5.74) is 1.40. The largest absolute Gasteiger partial charge is 0.467 e. The van der Waals surface area contributed by atoms with Gasteiger partial charge in [-0.1, -0.05) is 23.9 Å². The van der Waals surface area contributed by atoms with Crippen molar-refractivity contribution < 1.29 is 18.7 Å². The highest BCUT2D eigenvalue weighted by Gasteiger charge is 2.34. The van der Waals surface area contributed by atoms with Gasteiger partial charge in [0.1, 0.15) is 11.6 Å². The lowest BCUT2D eigenvalue weighted by Gasteiger charge is -2.27. The number of aromatic nitrogens is 1. The van der Waals surface area contributed by atoms with E-state index in [9.17, 15) is 9.59 Å². The summed E-state index contributed by atoms with van der Waals surface area (Å²) in [5.74, 6) is -0.788. The molecule has 1 atom stereocenters. The Morgan fingerprint density at radius 3 is 2.74 bits per heavy atom. The van der Waals surface area contributed by atoms with Crippen molar-refractivity contribution in [2.24, 2.45) is 0 Å². The second-order valence-electron chi connectivity index (χ2n) is 5.41. The Morgan fingerprint density at radius 1 is 1.43 bits per heavy atom. The molecule has 0 bridgehead atoms. The third-order valence-corrected chi connectivity index (χ3v) is 4.14. The number of methoxy groups -OCH3 is 1. The first kappa shape index (κ1) is 17.7. The van der Waals surface area contributed by atoms with Gasteiger partial charge in [0.25, 0.3) is 5.22 Å². The van der Waals surface area contributed by atoms with Crippen molar-refractivity contribution >= 4 is 47.4 Å². The van der Waals surface area contributed by atoms with Gasteiger partial charge in [-0.15, -0.1) is 0 Å². The molecule has 0 aliphatic rings. The molecule has 0 saturated carbocycles. The molecule has 2 aromatic rings. The molecule has 0 saturated heterocycles. The van der Waals surface area contributed by atoms with Crippen LogP contribution in [0.15, 0.2) is 33.9 Å². The van der Waals surface area contributed by atoms with Gasteiger partial charge in [-0.05, 0) is 26.0 Å². The van der Waals surface area contributed by atoms with E-state index in [4.69, 9.17) is 9.15 Å². The topological polar surface area (TPSA) is 81.4 Å². The highest BCUT2D eigenvalue weighted by Crippen LogP contribution is 2.23. The molecular formula is C15H18N2O4S2. The van der Waals surface area contributed by atoms with Crippen LogP contribution in [0.4, 0.5) is 0 Å². The van der Waals surface area contributed by atoms with Gasteiger partial charge in [-0.2, -0.15) is 12.6 Å². The van der Waals surface area contributed by atoms with Crippen LogP contribution in [0.2, 0.25) is 0 Å². The lowest BCUT2D eigenvalue weighted by Crippen LogP contribution is -2.52. The van der Waals surface area contributed by atoms with E-state index in [2.05, 4.69) is 22.9 Å². The number of nitrogens with zero attached hydrogens (tertiary/aromatic N) is 1. The fourth-order valence-corrected chi connectivity index (χ4v) is 2.70. The molecule has 1 N–H and O–H groups in total. The molecule has 0 spiro atoms. The van der Waals surface area contributed by atoms with Crippen LogP contribution in [-0.4, -0.2) is 40.5 Å². The molecule has 23 heavy (non-hydrogen) atoms. The highest BCUT2D eigenvalue weighted by atomic mass is 32.2. The summed E-state index contributed by atoms with van der Waals surface area (Å²) in [7, 11) is 1.27. The summed E-state index contributed by atoms with van der Waals surface area (Å²) in [5, 5.41) is 3.04. The van der Waals surface area contributed by atoms with Gasteiger partial charge in [-0.25, -0.2) is 9.78 Å². The SMILES string of the molecule is COC(=O)[C@@H](NC(=O)CSc1nc2ccccc2o1)C(C)(C)S. The molecule has 0 unspecified atom stereocenters. The number of para-hydroxylation sites is 2. The zero-order valence-corrected chi connectivity index (χ0v) is 14.7. The molecule has 0 radical (unpaired) electrons. The van der Waals surface area contributed by atoms with Gasteiger partial charge in [0.05, 0.1) is 12.9 Å². The van der Waals surface area contributed by atoms with Crippen LogP contribution in [0, 0.1) is 0 Å². The van der Waals surface area contributed by atoms with Gasteiger partial charge in [0.15, 0.2) is 5.58 Å². The van der Waals surface area contributed by atoms with E-state index >= 15 is 0 Å². The van der Waals surface area contributed by atoms with Gasteiger partial charge in [0.2, 0.25) is 5.91 Å². The van der Waals surface area contributed by atoms with Crippen molar-refractivity contribution in [3.8, 4) is 0 Å². The quantitative estimate of drug-likeness (QED) is 0.471. The van der Waals surface area contributed by atoms with Crippen molar-refractivity contribution in [1.29, 1.82) is 0 Å². The van der Waals surface area contributed by atoms with Gasteiger partial charge >= 0.3 is 5.97 Å². The minimum absolute atomic E-state index is 0.0736. The minimum Gasteiger partial charge on any atom is -0.467 e. The van der Waals surface area contributed by atoms with Crippen LogP contribution < -0.4 is 5.32 Å². The van der Waals surface area contributed by atoms with Crippen LogP contribution >= 0.6 is 24.4 Å². The normalized spacial score (nSPS) is 12.9. The van der Waals surface area contributed by atoms with Gasteiger partial charge in [0, 0.05) is 4.75 Å². The molecule has 1 aromatic carbocycles. The molecule has 0 aliphatic heterocycles. The second-order valence-corrected chi connectivity index (χ2v) is 7.49. The Hall–Kier alpha value is -1.67. The minimum atomic E-state index is -0.840. The summed E-state index contributed by atoms with van der Waals surface area (Å²) in [6.45, 7) is 3.46. The Morgan fingerprint density at radius 2 is 2.13 bits per heavy atom. The molecule has 0 aliphatic carbocycles. The Kier molecular flexibility index (Phi) is 5.59. The van der Waals surface area contributed by atoms with Gasteiger partial charge < -0.3 is 14.5 Å². The molecular weight excluding hydrogens is 336 g/mol. The van der Waals surface area contributed by atoms with E-state index in [-0.39, 0.29) is 11.7 Å². The zero-order valence-electron chi connectivity index (χ0n) is 13.0. The van der Waals surface area contributed by atoms with E-state index in [0.717, 1.165) is 17.3 Å². The number of fused-ring (bicyclic) bond motifs is 1. The van der Waals surface area contributed by atoms with Crippen LogP contribution in [0.3, 0.4) is 0 Å². The number of nitrogens with one attached hydrogen (secondary N) is 1. The number of esters is 1. The highest BCUT2D eigenvalue weighted by molar-refractivity contribution is 7.99. The lowest BCUT2D eigenvalue weighted by molar-refractivity contribution is -0.145. The Bertz CT molecular complexity index is 676. The smallest absolute Gasteiger partial charge is 0.329 e. The predicted octanol–water partition coefficient (Wildman–Crippen LogP) is 2.29. The molecule has 1 heterocycles. The number of thioether (sulfide) groups is 1. The maximum atomic E-state index is 12.1. The summed E-state index contributed by atoms with van der Waals surface area (Å²) >= 11 is 5.50. The molecule has 1 aromatic heterocycles. The van der Waals surface area contributed by atoms with E-state index in [1.165, 1.54) is 7.11 Å². The van der Waals surface area contributed by atoms with Gasteiger partial charge in [-0.3, -0.25) is 4.79 Å². The number of benzene rings is 1. The van der Waals surface area contributed by atoms with Crippen molar-refractivity contribution in [3.05, 3.63) is 24.3 Å². The maximum absolute atomic E-state index is 12.1. The van der Waals surface area contributed by atoms with E-state index in [1.807, 2.05) is 24.3 Å². The molecule has 0 fully saturated rings. The van der Waals surface area contributed by atoms with E-state index < -0.39 is 16.8 Å². The predicted molar refractivity (Wildman–Crippen MR) is 91.7 cm³/mol. The average Bonchev–Trinajstić information content (AvgIpc) is 2.91. The number of carbonyl (C=O) groups is 2. The summed E-state index contributed by atoms with van der Waals surface area (Å²) in [4.78, 5) is 28.1. The summed E-state index contributed by atoms with van der Waals surface area (Å²) < 4.78 is 9.48. The first-order valence-corrected chi connectivity index (χ1v) is 8.32. The summed E-state index contributed by atoms with van der Waals surface area (Å²) in [6, 6.07) is 6.52. The maximum Gasteiger partial charge on any atom is 0.329 e. The summed E-state index contributed by atoms with van der Waals surface area (Å²) in [6.07, 6.45) is 0. The number of amides is 1. The average molecular weight is 354 g/mol. The number of thiol groups is 1. The van der Waals surface area contributed by atoms with Crippen molar-refractivity contribution in [2.75, 3.05) is 12.9 Å². The molecule has 1 amide bonds. The van der Waals surface area contributed by atoms with Crippen molar-refractivity contribution in [3.63, 3.8) is 0 Å². The fraction of sp³-hybridized carbons (Fsp3) is 0.400. The number of rotatable bonds is 6. The van der Waals surface area contributed by atoms with Crippen LogP contribution in [0.5, 0.6) is 0 Å². The Balaban J connectivity index is 1.97. The first-order chi connectivity index (χ1) is 10.8.